The molecule has 2 heterocycles. The summed E-state index contributed by atoms with van der Waals surface area (Å²) in [4.78, 5) is 27.7. The summed E-state index contributed by atoms with van der Waals surface area (Å²) in [6.45, 7) is 0. The Hall–Kier alpha value is -2.25. The summed E-state index contributed by atoms with van der Waals surface area (Å²) in [5.74, 6) is -1.84. The second-order valence-electron chi connectivity index (χ2n) is 3.08. The van der Waals surface area contributed by atoms with Crippen molar-refractivity contribution in [3.8, 4) is 0 Å². The number of aromatic carboxylic acids is 2. The predicted molar refractivity (Wildman–Crippen MR) is 62.4 cm³/mol. The molecule has 0 fully saturated rings. The number of pyridine rings is 2. The van der Waals surface area contributed by atoms with Crippen LogP contribution in [0, 0.1) is 0 Å². The molecule has 0 aliphatic heterocycles. The van der Waals surface area contributed by atoms with Gasteiger partial charge in [-0.25, -0.2) is 9.59 Å². The van der Waals surface area contributed by atoms with Gasteiger partial charge in [-0.15, -0.1) is 0 Å². The van der Waals surface area contributed by atoms with Crippen LogP contribution in [0.15, 0.2) is 49.1 Å². The van der Waals surface area contributed by atoms with Crippen molar-refractivity contribution in [2.75, 3.05) is 0 Å². The van der Waals surface area contributed by atoms with Gasteiger partial charge < -0.3 is 10.2 Å². The average molecular weight is 305 g/mol. The van der Waals surface area contributed by atoms with Gasteiger partial charge in [0.15, 0.2) is 0 Å². The molecule has 19 heavy (non-hydrogen) atoms. The first kappa shape index (κ1) is 16.7. The Labute approximate surface area is 119 Å². The largest absolute Gasteiger partial charge is 0.478 e. The minimum absolute atomic E-state index is 0. The second-order valence-corrected chi connectivity index (χ2v) is 3.08. The van der Waals surface area contributed by atoms with Gasteiger partial charge in [-0.2, -0.15) is 0 Å². The van der Waals surface area contributed by atoms with Crippen LogP contribution in [0.2, 0.25) is 0 Å². The van der Waals surface area contributed by atoms with Crippen molar-refractivity contribution in [2.24, 2.45) is 0 Å². The van der Waals surface area contributed by atoms with E-state index in [-0.39, 0.29) is 27.9 Å². The molecule has 7 heteroatoms. The monoisotopic (exact) mass is 305 g/mol. The summed E-state index contributed by atoms with van der Waals surface area (Å²) in [6, 6.07) is 5.79. The number of rotatable bonds is 2. The first-order chi connectivity index (χ1) is 8.61. The van der Waals surface area contributed by atoms with Crippen LogP contribution in [0.3, 0.4) is 0 Å². The van der Waals surface area contributed by atoms with E-state index < -0.39 is 11.9 Å². The van der Waals surface area contributed by atoms with Crippen LogP contribution in [0.5, 0.6) is 0 Å². The van der Waals surface area contributed by atoms with Gasteiger partial charge in [0.1, 0.15) is 0 Å². The van der Waals surface area contributed by atoms with Gasteiger partial charge >= 0.3 is 11.9 Å². The molecule has 6 nitrogen and oxygen atoms in total. The summed E-state index contributed by atoms with van der Waals surface area (Å²) in [5.41, 5.74) is 0.537. The van der Waals surface area contributed by atoms with E-state index in [1.165, 1.54) is 49.1 Å². The molecule has 0 aliphatic carbocycles. The molecule has 2 rings (SSSR count). The smallest absolute Gasteiger partial charge is 0.335 e. The van der Waals surface area contributed by atoms with Crippen LogP contribution in [0.4, 0.5) is 0 Å². The maximum absolute atomic E-state index is 10.2. The van der Waals surface area contributed by atoms with Gasteiger partial charge in [-0.3, -0.25) is 9.97 Å². The standard InChI is InChI=1S/2C6H5NO2.Co/c2*8-6(9)5-1-3-7-4-2-5;/h2*1-4H,(H,8,9);. The van der Waals surface area contributed by atoms with E-state index in [2.05, 4.69) is 9.97 Å². The third-order valence-electron chi connectivity index (χ3n) is 1.85. The molecular formula is C12H10CoN2O4. The summed E-state index contributed by atoms with van der Waals surface area (Å²) in [5, 5.41) is 16.7. The number of aromatic nitrogens is 2. The molecule has 0 aliphatic rings. The van der Waals surface area contributed by atoms with E-state index in [4.69, 9.17) is 10.2 Å². The van der Waals surface area contributed by atoms with Gasteiger partial charge in [-0.1, -0.05) is 0 Å². The summed E-state index contributed by atoms with van der Waals surface area (Å²) in [7, 11) is 0. The van der Waals surface area contributed by atoms with E-state index in [0.717, 1.165) is 0 Å². The van der Waals surface area contributed by atoms with Crippen molar-refractivity contribution in [3.05, 3.63) is 60.2 Å². The Morgan fingerprint density at radius 1 is 0.737 bits per heavy atom. The van der Waals surface area contributed by atoms with Gasteiger partial charge in [-0.05, 0) is 24.3 Å². The molecule has 2 aromatic rings. The zero-order chi connectivity index (χ0) is 13.4. The Morgan fingerprint density at radius 2 is 1.00 bits per heavy atom. The Morgan fingerprint density at radius 3 is 1.16 bits per heavy atom. The van der Waals surface area contributed by atoms with E-state index in [1.807, 2.05) is 0 Å². The molecule has 101 valence electrons. The normalized spacial score (nSPS) is 8.42. The van der Waals surface area contributed by atoms with E-state index in [1.54, 1.807) is 0 Å². The molecule has 1 radical (unpaired) electrons. The Balaban J connectivity index is 0.000000324. The third-order valence-corrected chi connectivity index (χ3v) is 1.85. The fourth-order valence-corrected chi connectivity index (χ4v) is 0.989. The van der Waals surface area contributed by atoms with E-state index in [9.17, 15) is 9.59 Å². The number of nitrogens with zero attached hydrogens (tertiary/aromatic N) is 2. The molecule has 0 unspecified atom stereocenters. The van der Waals surface area contributed by atoms with Gasteiger partial charge in [0.25, 0.3) is 0 Å². The van der Waals surface area contributed by atoms with Gasteiger partial charge in [0.2, 0.25) is 0 Å². The first-order valence-electron chi connectivity index (χ1n) is 4.88. The van der Waals surface area contributed by atoms with Crippen molar-refractivity contribution >= 4 is 11.9 Å². The van der Waals surface area contributed by atoms with Crippen molar-refractivity contribution in [2.45, 2.75) is 0 Å². The molecule has 0 bridgehead atoms. The van der Waals surface area contributed by atoms with Crippen LogP contribution < -0.4 is 0 Å². The fourth-order valence-electron chi connectivity index (χ4n) is 0.989. The SMILES string of the molecule is O=C(O)c1ccncc1.O=C(O)c1ccncc1.[Co]. The Bertz CT molecular complexity index is 470. The molecule has 0 saturated heterocycles. The van der Waals surface area contributed by atoms with Crippen molar-refractivity contribution in [3.63, 3.8) is 0 Å². The fraction of sp³-hybridized carbons (Fsp3) is 0. The van der Waals surface area contributed by atoms with Crippen LogP contribution in [0.25, 0.3) is 0 Å². The molecule has 0 atom stereocenters. The second kappa shape index (κ2) is 8.78. The van der Waals surface area contributed by atoms with Crippen molar-refractivity contribution in [1.29, 1.82) is 0 Å². The number of hydrogen-bond donors (Lipinski definition) is 2. The van der Waals surface area contributed by atoms with Crippen LogP contribution in [0.1, 0.15) is 20.7 Å². The zero-order valence-electron chi connectivity index (χ0n) is 9.56. The van der Waals surface area contributed by atoms with Crippen LogP contribution in [-0.2, 0) is 16.8 Å². The summed E-state index contributed by atoms with van der Waals surface area (Å²) >= 11 is 0. The van der Waals surface area contributed by atoms with Gasteiger partial charge in [0.05, 0.1) is 11.1 Å². The molecule has 0 saturated carbocycles. The molecule has 2 N–H and O–H groups in total. The van der Waals surface area contributed by atoms with E-state index >= 15 is 0 Å². The topological polar surface area (TPSA) is 100 Å². The van der Waals surface area contributed by atoms with Crippen LogP contribution >= 0.6 is 0 Å². The van der Waals surface area contributed by atoms with Crippen molar-refractivity contribution < 1.29 is 36.6 Å². The molecule has 0 aromatic carbocycles. The number of hydrogen-bond acceptors (Lipinski definition) is 4. The number of carboxylic acids is 2. The average Bonchev–Trinajstić information content (AvgIpc) is 2.41. The zero-order valence-corrected chi connectivity index (χ0v) is 10.6. The summed E-state index contributed by atoms with van der Waals surface area (Å²) < 4.78 is 0. The first-order valence-corrected chi connectivity index (χ1v) is 4.88. The number of carboxylic acid groups (broad SMARTS) is 2. The molecule has 2 aromatic heterocycles. The Kier molecular flexibility index (Phi) is 7.74. The molecule has 0 amide bonds. The minimum Gasteiger partial charge on any atom is -0.478 e. The maximum atomic E-state index is 10.2. The van der Waals surface area contributed by atoms with Crippen LogP contribution in [-0.4, -0.2) is 32.1 Å². The van der Waals surface area contributed by atoms with E-state index in [0.29, 0.717) is 0 Å². The molecular weight excluding hydrogens is 295 g/mol. The number of carbonyl (C=O) groups is 2. The van der Waals surface area contributed by atoms with Crippen molar-refractivity contribution in [1.82, 2.24) is 9.97 Å². The third kappa shape index (κ3) is 6.29. The molecule has 0 spiro atoms. The quantitative estimate of drug-likeness (QED) is 0.873. The minimum atomic E-state index is -0.919. The summed E-state index contributed by atoms with van der Waals surface area (Å²) in [6.07, 6.45) is 5.79. The van der Waals surface area contributed by atoms with Gasteiger partial charge in [0, 0.05) is 41.6 Å². The predicted octanol–water partition coefficient (Wildman–Crippen LogP) is 1.56. The maximum Gasteiger partial charge on any atom is 0.335 e.